The summed E-state index contributed by atoms with van der Waals surface area (Å²) in [6.45, 7) is 5.53. The predicted octanol–water partition coefficient (Wildman–Crippen LogP) is 5.20. The first-order valence-electron chi connectivity index (χ1n) is 12.2. The van der Waals surface area contributed by atoms with Gasteiger partial charge in [0.2, 0.25) is 12.7 Å². The number of fused-ring (bicyclic) bond motifs is 2. The smallest absolute Gasteiger partial charge is 0.254 e. The largest absolute Gasteiger partial charge is 0.454 e. The second kappa shape index (κ2) is 10.1. The van der Waals surface area contributed by atoms with Crippen molar-refractivity contribution in [3.8, 4) is 11.5 Å². The molecule has 2 aliphatic rings. The van der Waals surface area contributed by atoms with Gasteiger partial charge in [-0.1, -0.05) is 43.2 Å². The van der Waals surface area contributed by atoms with Crippen molar-refractivity contribution in [2.24, 2.45) is 0 Å². The number of thiophene rings is 1. The number of hydrogen-bond acceptors (Lipinski definition) is 5. The van der Waals surface area contributed by atoms with Crippen molar-refractivity contribution in [1.29, 1.82) is 0 Å². The van der Waals surface area contributed by atoms with Gasteiger partial charge in [-0.2, -0.15) is 0 Å². The van der Waals surface area contributed by atoms with Crippen LogP contribution in [0.4, 0.5) is 0 Å². The Morgan fingerprint density at radius 1 is 1.09 bits per heavy atom. The predicted molar refractivity (Wildman–Crippen MR) is 136 cm³/mol. The van der Waals surface area contributed by atoms with Crippen LogP contribution in [-0.4, -0.2) is 48.0 Å². The number of hydrogen-bond donors (Lipinski definition) is 0. The molecule has 182 valence electrons. The van der Waals surface area contributed by atoms with Crippen molar-refractivity contribution in [3.63, 3.8) is 0 Å². The number of aryl methyl sites for hydroxylation is 1. The highest BCUT2D eigenvalue weighted by Gasteiger charge is 2.34. The summed E-state index contributed by atoms with van der Waals surface area (Å²) in [5, 5.41) is 2.11. The lowest BCUT2D eigenvalue weighted by atomic mass is 9.92. The van der Waals surface area contributed by atoms with Crippen LogP contribution in [0.25, 0.3) is 0 Å². The molecular weight excluding hydrogens is 460 g/mol. The van der Waals surface area contributed by atoms with Crippen molar-refractivity contribution in [3.05, 3.63) is 81.0 Å². The number of carbonyl (C=O) groups is 2. The van der Waals surface area contributed by atoms with Crippen LogP contribution in [0.1, 0.15) is 57.7 Å². The number of amides is 2. The first kappa shape index (κ1) is 23.4. The Balaban J connectivity index is 1.40. The molecule has 2 aromatic carbocycles. The molecule has 0 spiro atoms. The minimum Gasteiger partial charge on any atom is -0.454 e. The summed E-state index contributed by atoms with van der Waals surface area (Å²) >= 11 is 1.75. The highest BCUT2D eigenvalue weighted by molar-refractivity contribution is 7.10. The van der Waals surface area contributed by atoms with Crippen LogP contribution in [0.2, 0.25) is 0 Å². The summed E-state index contributed by atoms with van der Waals surface area (Å²) in [4.78, 5) is 32.2. The maximum absolute atomic E-state index is 13.8. The molecule has 0 aliphatic carbocycles. The van der Waals surface area contributed by atoms with Gasteiger partial charge < -0.3 is 19.3 Å². The zero-order valence-electron chi connectivity index (χ0n) is 20.2. The van der Waals surface area contributed by atoms with Crippen molar-refractivity contribution in [1.82, 2.24) is 9.80 Å². The molecule has 7 heteroatoms. The first-order valence-corrected chi connectivity index (χ1v) is 13.0. The van der Waals surface area contributed by atoms with Gasteiger partial charge in [0.05, 0.1) is 6.04 Å². The van der Waals surface area contributed by atoms with E-state index < -0.39 is 0 Å². The van der Waals surface area contributed by atoms with E-state index in [-0.39, 0.29) is 31.2 Å². The number of carbonyl (C=O) groups excluding carboxylic acids is 2. The van der Waals surface area contributed by atoms with Gasteiger partial charge in [-0.25, -0.2) is 0 Å². The van der Waals surface area contributed by atoms with Crippen LogP contribution < -0.4 is 9.47 Å². The average Bonchev–Trinajstić information content (AvgIpc) is 3.55. The monoisotopic (exact) mass is 490 g/mol. The third kappa shape index (κ3) is 4.78. The molecule has 0 N–H and O–H groups in total. The minimum atomic E-state index is -0.162. The quantitative estimate of drug-likeness (QED) is 0.457. The number of unbranched alkanes of at least 4 members (excludes halogenated alkanes) is 1. The van der Waals surface area contributed by atoms with Crippen molar-refractivity contribution >= 4 is 23.2 Å². The normalized spacial score (nSPS) is 16.2. The van der Waals surface area contributed by atoms with Gasteiger partial charge in [0, 0.05) is 23.5 Å². The van der Waals surface area contributed by atoms with Crippen LogP contribution in [0.5, 0.6) is 11.5 Å². The van der Waals surface area contributed by atoms with E-state index in [4.69, 9.17) is 9.47 Å². The summed E-state index contributed by atoms with van der Waals surface area (Å²) in [5.74, 6) is 1.01. The summed E-state index contributed by atoms with van der Waals surface area (Å²) in [6, 6.07) is 15.6. The van der Waals surface area contributed by atoms with E-state index in [1.54, 1.807) is 34.4 Å². The third-order valence-corrected chi connectivity index (χ3v) is 7.69. The van der Waals surface area contributed by atoms with E-state index in [1.807, 2.05) is 4.90 Å². The fraction of sp³-hybridized carbons (Fsp3) is 0.357. The average molecular weight is 491 g/mol. The van der Waals surface area contributed by atoms with E-state index in [2.05, 4.69) is 49.6 Å². The second-order valence-corrected chi connectivity index (χ2v) is 10.1. The van der Waals surface area contributed by atoms with Gasteiger partial charge in [-0.3, -0.25) is 9.59 Å². The van der Waals surface area contributed by atoms with Crippen LogP contribution >= 0.6 is 11.3 Å². The zero-order chi connectivity index (χ0) is 24.4. The molecule has 0 radical (unpaired) electrons. The Bertz CT molecular complexity index is 1220. The lowest BCUT2D eigenvalue weighted by Gasteiger charge is -2.37. The lowest BCUT2D eigenvalue weighted by Crippen LogP contribution is -2.47. The van der Waals surface area contributed by atoms with Crippen molar-refractivity contribution in [2.75, 3.05) is 26.4 Å². The lowest BCUT2D eigenvalue weighted by molar-refractivity contribution is -0.134. The Hall–Kier alpha value is -3.32. The van der Waals surface area contributed by atoms with Crippen LogP contribution in [0, 0.1) is 6.92 Å². The molecule has 2 aliphatic heterocycles. The Kier molecular flexibility index (Phi) is 6.77. The SMILES string of the molecule is CCCCN(CC(=O)N1CCc2sccc2C1c1ccc(C)cc1)C(=O)c1ccc2c(c1)OCO2. The van der Waals surface area contributed by atoms with Crippen LogP contribution in [-0.2, 0) is 11.2 Å². The van der Waals surface area contributed by atoms with Gasteiger partial charge in [0.15, 0.2) is 11.5 Å². The van der Waals surface area contributed by atoms with E-state index in [0.29, 0.717) is 30.2 Å². The highest BCUT2D eigenvalue weighted by Crippen LogP contribution is 2.38. The van der Waals surface area contributed by atoms with Crippen molar-refractivity contribution < 1.29 is 19.1 Å². The fourth-order valence-electron chi connectivity index (χ4n) is 4.76. The highest BCUT2D eigenvalue weighted by atomic mass is 32.1. The molecule has 6 nitrogen and oxygen atoms in total. The number of ether oxygens (including phenoxy) is 2. The minimum absolute atomic E-state index is 0.0300. The molecule has 2 amide bonds. The molecule has 3 aromatic rings. The summed E-state index contributed by atoms with van der Waals surface area (Å²) < 4.78 is 10.8. The second-order valence-electron chi connectivity index (χ2n) is 9.10. The number of benzene rings is 2. The van der Waals surface area contributed by atoms with Gasteiger partial charge in [0.25, 0.3) is 5.91 Å². The fourth-order valence-corrected chi connectivity index (χ4v) is 5.66. The van der Waals surface area contributed by atoms with Gasteiger partial charge in [0.1, 0.15) is 6.54 Å². The van der Waals surface area contributed by atoms with E-state index in [1.165, 1.54) is 16.0 Å². The summed E-state index contributed by atoms with van der Waals surface area (Å²) in [5.41, 5.74) is 3.99. The Morgan fingerprint density at radius 3 is 2.69 bits per heavy atom. The molecule has 35 heavy (non-hydrogen) atoms. The maximum Gasteiger partial charge on any atom is 0.254 e. The van der Waals surface area contributed by atoms with Gasteiger partial charge >= 0.3 is 0 Å². The van der Waals surface area contributed by atoms with E-state index >= 15 is 0 Å². The van der Waals surface area contributed by atoms with Crippen LogP contribution in [0.3, 0.4) is 0 Å². The molecule has 0 saturated heterocycles. The molecule has 1 unspecified atom stereocenters. The Labute approximate surface area is 210 Å². The van der Waals surface area contributed by atoms with E-state index in [0.717, 1.165) is 24.8 Å². The maximum atomic E-state index is 13.8. The van der Waals surface area contributed by atoms with Gasteiger partial charge in [-0.15, -0.1) is 11.3 Å². The Morgan fingerprint density at radius 2 is 1.89 bits per heavy atom. The molecule has 0 saturated carbocycles. The number of rotatable bonds is 7. The van der Waals surface area contributed by atoms with Gasteiger partial charge in [-0.05, 0) is 60.5 Å². The van der Waals surface area contributed by atoms with E-state index in [9.17, 15) is 9.59 Å². The topological polar surface area (TPSA) is 59.1 Å². The molecule has 0 bridgehead atoms. The first-order chi connectivity index (χ1) is 17.0. The molecule has 1 atom stereocenters. The summed E-state index contributed by atoms with van der Waals surface area (Å²) in [7, 11) is 0. The molecule has 3 heterocycles. The summed E-state index contributed by atoms with van der Waals surface area (Å²) in [6.07, 6.45) is 2.61. The zero-order valence-corrected chi connectivity index (χ0v) is 21.0. The third-order valence-electron chi connectivity index (χ3n) is 6.69. The van der Waals surface area contributed by atoms with Crippen molar-refractivity contribution in [2.45, 2.75) is 39.2 Å². The molecule has 0 fully saturated rings. The number of nitrogens with zero attached hydrogens (tertiary/aromatic N) is 2. The standard InChI is InChI=1S/C28H30N2O4S/c1-3-4-13-29(28(32)21-9-10-23-24(16-21)34-18-33-23)17-26(31)30-14-11-25-22(12-15-35-25)27(30)20-7-5-19(2)6-8-20/h5-10,12,15-16,27H,3-4,11,13-14,17-18H2,1-2H3. The molecule has 5 rings (SSSR count). The van der Waals surface area contributed by atoms with Crippen LogP contribution in [0.15, 0.2) is 53.9 Å². The molecule has 1 aromatic heterocycles. The molecular formula is C28H30N2O4S.